The number of allylic oxidation sites excluding steroid dienone is 1. The number of hydrogen-bond donors (Lipinski definition) is 1. The molecule has 0 aromatic rings. The van der Waals surface area contributed by atoms with Crippen LogP contribution in [0.25, 0.3) is 0 Å². The fourth-order valence-electron chi connectivity index (χ4n) is 6.32. The molecule has 0 aliphatic carbocycles. The van der Waals surface area contributed by atoms with Gasteiger partial charge in [0.25, 0.3) is 0 Å². The molecule has 0 aromatic heterocycles. The third-order valence-electron chi connectivity index (χ3n) is 8.47. The van der Waals surface area contributed by atoms with Gasteiger partial charge in [0, 0.05) is 0 Å². The van der Waals surface area contributed by atoms with E-state index in [-0.39, 0.29) is 12.0 Å². The van der Waals surface area contributed by atoms with Gasteiger partial charge in [0.15, 0.2) is 0 Å². The third-order valence-corrected chi connectivity index (χ3v) is 31.0. The van der Waals surface area contributed by atoms with Crippen molar-refractivity contribution in [2.45, 2.75) is 157 Å². The summed E-state index contributed by atoms with van der Waals surface area (Å²) in [6, 6.07) is 0. The molecule has 0 aromatic carbocycles. The topological polar surface area (TPSA) is 29.5 Å². The molecule has 4 heteroatoms. The summed E-state index contributed by atoms with van der Waals surface area (Å²) in [5, 5.41) is 11.1. The monoisotopic (exact) mass is 590 g/mol. The van der Waals surface area contributed by atoms with Crippen molar-refractivity contribution in [1.82, 2.24) is 0 Å². The zero-order valence-corrected chi connectivity index (χ0v) is 28.5. The van der Waals surface area contributed by atoms with Gasteiger partial charge in [-0.1, -0.05) is 0 Å². The maximum atomic E-state index is 11.1. The summed E-state index contributed by atoms with van der Waals surface area (Å²) in [7, 11) is -1.93. The Morgan fingerprint density at radius 1 is 0.788 bits per heavy atom. The van der Waals surface area contributed by atoms with Crippen LogP contribution in [0.2, 0.25) is 29.9 Å². The van der Waals surface area contributed by atoms with Crippen LogP contribution in [-0.2, 0) is 4.43 Å². The number of unbranched alkanes of at least 4 members (excludes halogenated alkanes) is 3. The van der Waals surface area contributed by atoms with Crippen LogP contribution in [0.3, 0.4) is 0 Å². The molecule has 33 heavy (non-hydrogen) atoms. The van der Waals surface area contributed by atoms with E-state index < -0.39 is 26.7 Å². The summed E-state index contributed by atoms with van der Waals surface area (Å²) in [6.07, 6.45) is 11.1. The molecule has 0 aliphatic rings. The first-order valence-corrected chi connectivity index (χ1v) is 24.1. The molecule has 1 N–H and O–H groups in total. The Labute approximate surface area is 214 Å². The van der Waals surface area contributed by atoms with E-state index in [0.717, 1.165) is 6.42 Å². The molecule has 0 aliphatic heterocycles. The van der Waals surface area contributed by atoms with Crippen molar-refractivity contribution in [3.05, 3.63) is 9.67 Å². The van der Waals surface area contributed by atoms with Crippen LogP contribution in [0.15, 0.2) is 9.67 Å². The molecular weight excluding hydrogens is 527 g/mol. The Bertz CT molecular complexity index is 486. The predicted octanol–water partition coefficient (Wildman–Crippen LogP) is 9.90. The van der Waals surface area contributed by atoms with E-state index in [1.54, 1.807) is 3.59 Å². The van der Waals surface area contributed by atoms with Crippen LogP contribution in [-0.4, -0.2) is 44.5 Å². The quantitative estimate of drug-likeness (QED) is 0.152. The summed E-state index contributed by atoms with van der Waals surface area (Å²) in [5.41, 5.74) is 1.75. The molecular formula is C29H62O2SiSn. The van der Waals surface area contributed by atoms with Crippen molar-refractivity contribution in [3.8, 4) is 0 Å². The third kappa shape index (κ3) is 9.92. The first-order valence-electron chi connectivity index (χ1n) is 14.5. The van der Waals surface area contributed by atoms with Gasteiger partial charge in [-0.3, -0.25) is 0 Å². The predicted molar refractivity (Wildman–Crippen MR) is 155 cm³/mol. The van der Waals surface area contributed by atoms with E-state index in [1.807, 2.05) is 0 Å². The molecule has 0 saturated carbocycles. The Balaban J connectivity index is 6.14. The average Bonchev–Trinajstić information content (AvgIpc) is 2.76. The van der Waals surface area contributed by atoms with Gasteiger partial charge >= 0.3 is 216 Å². The Morgan fingerprint density at radius 3 is 1.48 bits per heavy atom. The summed E-state index contributed by atoms with van der Waals surface area (Å²) in [4.78, 5) is 0. The van der Waals surface area contributed by atoms with Gasteiger partial charge in [-0.15, -0.1) is 0 Å². The standard InChI is InChI=1S/C17H35O2Si.3C4H9.Sn/c1-9-11-16(17(18)10-2)12-19-20(13(3)4,14(5)6)15(7)8;3*1-3-4-2;/h11,13-18H,10,12H2,1-8H3;3*1,3-4H2,2H3;/t16?,17-;;;;/m1..../s1. The van der Waals surface area contributed by atoms with E-state index in [0.29, 0.717) is 23.2 Å². The van der Waals surface area contributed by atoms with Crippen LogP contribution in [0, 0.1) is 5.92 Å². The van der Waals surface area contributed by atoms with Crippen LogP contribution in [0.5, 0.6) is 0 Å². The second-order valence-electron chi connectivity index (χ2n) is 11.7. The molecule has 0 amide bonds. The van der Waals surface area contributed by atoms with Gasteiger partial charge < -0.3 is 0 Å². The molecule has 2 atom stereocenters. The first-order chi connectivity index (χ1) is 15.5. The first kappa shape index (κ1) is 33.7. The normalized spacial score (nSPS) is 15.7. The van der Waals surface area contributed by atoms with Crippen LogP contribution in [0.4, 0.5) is 0 Å². The molecule has 0 radical (unpaired) electrons. The van der Waals surface area contributed by atoms with Crippen molar-refractivity contribution < 1.29 is 9.53 Å². The average molecular weight is 590 g/mol. The Morgan fingerprint density at radius 2 is 1.18 bits per heavy atom. The molecule has 2 nitrogen and oxygen atoms in total. The molecule has 1 unspecified atom stereocenters. The zero-order valence-electron chi connectivity index (χ0n) is 24.6. The fourth-order valence-corrected chi connectivity index (χ4v) is 27.8. The number of aliphatic hydroxyl groups is 1. The van der Waals surface area contributed by atoms with E-state index in [1.165, 1.54) is 51.8 Å². The summed E-state index contributed by atoms with van der Waals surface area (Å²) >= 11 is -2.44. The summed E-state index contributed by atoms with van der Waals surface area (Å²) in [5.74, 6) is 0.138. The van der Waals surface area contributed by atoms with Crippen LogP contribution >= 0.6 is 0 Å². The van der Waals surface area contributed by atoms with Gasteiger partial charge in [0.1, 0.15) is 0 Å². The number of aliphatic hydroxyl groups excluding tert-OH is 1. The van der Waals surface area contributed by atoms with E-state index in [4.69, 9.17) is 4.43 Å². The molecule has 0 saturated heterocycles. The minimum absolute atomic E-state index is 0.138. The Kier molecular flexibility index (Phi) is 17.5. The minimum atomic E-state index is -2.44. The Hall–Kier alpha value is 0.676. The van der Waals surface area contributed by atoms with E-state index in [9.17, 15) is 5.11 Å². The van der Waals surface area contributed by atoms with Crippen molar-refractivity contribution >= 4 is 26.7 Å². The molecule has 198 valence electrons. The fraction of sp³-hybridized carbons (Fsp3) is 0.931. The molecule has 0 fully saturated rings. The number of hydrogen-bond acceptors (Lipinski definition) is 2. The van der Waals surface area contributed by atoms with Crippen molar-refractivity contribution in [3.63, 3.8) is 0 Å². The maximum absolute atomic E-state index is 11.1. The summed E-state index contributed by atoms with van der Waals surface area (Å²) < 4.78 is 13.2. The second-order valence-corrected chi connectivity index (χ2v) is 31.0. The molecule has 0 rings (SSSR count). The van der Waals surface area contributed by atoms with Gasteiger partial charge in [0.05, 0.1) is 0 Å². The number of rotatable bonds is 19. The van der Waals surface area contributed by atoms with E-state index in [2.05, 4.69) is 82.2 Å². The van der Waals surface area contributed by atoms with Crippen molar-refractivity contribution in [2.75, 3.05) is 6.61 Å². The van der Waals surface area contributed by atoms with Gasteiger partial charge in [0.2, 0.25) is 0 Å². The van der Waals surface area contributed by atoms with Gasteiger partial charge in [-0.25, -0.2) is 0 Å². The molecule has 0 bridgehead atoms. The zero-order chi connectivity index (χ0) is 25.7. The van der Waals surface area contributed by atoms with E-state index >= 15 is 0 Å². The second kappa shape index (κ2) is 17.2. The SMILES string of the molecule is CCC[CH2][Sn]([CH2]CCC)([CH2]CCC)/[C](C)=C/C(CO[Si](C(C)C)(C(C)C)C(C)C)[C@H](O)CC. The van der Waals surface area contributed by atoms with Gasteiger partial charge in [-0.2, -0.15) is 0 Å². The summed E-state index contributed by atoms with van der Waals surface area (Å²) in [6.45, 7) is 26.5. The molecule has 0 spiro atoms. The van der Waals surface area contributed by atoms with Crippen LogP contribution < -0.4 is 0 Å². The molecule has 0 heterocycles. The van der Waals surface area contributed by atoms with Crippen molar-refractivity contribution in [2.24, 2.45) is 5.92 Å². The van der Waals surface area contributed by atoms with Crippen LogP contribution in [0.1, 0.15) is 121 Å². The van der Waals surface area contributed by atoms with Gasteiger partial charge in [-0.05, 0) is 0 Å². The van der Waals surface area contributed by atoms with Crippen molar-refractivity contribution in [1.29, 1.82) is 0 Å².